The van der Waals surface area contributed by atoms with Gasteiger partial charge < -0.3 is 5.73 Å². The van der Waals surface area contributed by atoms with E-state index in [9.17, 15) is 4.39 Å². The number of hydrogen-bond donors (Lipinski definition) is 1. The summed E-state index contributed by atoms with van der Waals surface area (Å²) < 4.78 is 14.8. The van der Waals surface area contributed by atoms with Crippen molar-refractivity contribution in [3.05, 3.63) is 82.1 Å². The van der Waals surface area contributed by atoms with Crippen LogP contribution in [-0.4, -0.2) is 0 Å². The van der Waals surface area contributed by atoms with Gasteiger partial charge in [-0.1, -0.05) is 52.3 Å². The molecule has 3 aromatic rings. The number of benzene rings is 3. The largest absolute Gasteiger partial charge is 0.324 e. The molecule has 0 aliphatic rings. The Morgan fingerprint density at radius 2 is 1.67 bits per heavy atom. The number of halogens is 2. The van der Waals surface area contributed by atoms with Crippen molar-refractivity contribution in [1.82, 2.24) is 0 Å². The zero-order chi connectivity index (χ0) is 14.8. The van der Waals surface area contributed by atoms with Crippen LogP contribution in [0.15, 0.2) is 65.1 Å². The molecule has 3 aromatic carbocycles. The fourth-order valence-corrected chi connectivity index (χ4v) is 2.86. The van der Waals surface area contributed by atoms with Crippen LogP contribution in [0.2, 0.25) is 0 Å². The molecule has 0 heterocycles. The van der Waals surface area contributed by atoms with Crippen LogP contribution in [0.4, 0.5) is 4.39 Å². The highest BCUT2D eigenvalue weighted by atomic mass is 79.9. The summed E-state index contributed by atoms with van der Waals surface area (Å²) in [7, 11) is 0. The summed E-state index contributed by atoms with van der Waals surface area (Å²) in [6, 6.07) is 18.9. The summed E-state index contributed by atoms with van der Waals surface area (Å²) in [5.74, 6) is -0.197. The maximum Gasteiger partial charge on any atom is 0.126 e. The minimum atomic E-state index is -0.213. The monoisotopic (exact) mass is 343 g/mol. The van der Waals surface area contributed by atoms with Gasteiger partial charge in [-0.3, -0.25) is 0 Å². The second-order valence-electron chi connectivity index (χ2n) is 5.15. The Morgan fingerprint density at radius 1 is 0.952 bits per heavy atom. The molecule has 0 saturated heterocycles. The molecule has 0 aliphatic carbocycles. The third kappa shape index (κ3) is 3.14. The molecule has 106 valence electrons. The minimum absolute atomic E-state index is 0.197. The molecule has 1 atom stereocenters. The summed E-state index contributed by atoms with van der Waals surface area (Å²) in [6.07, 6.45) is 0.495. The summed E-state index contributed by atoms with van der Waals surface area (Å²) in [5, 5.41) is 2.30. The highest BCUT2D eigenvalue weighted by Crippen LogP contribution is 2.25. The van der Waals surface area contributed by atoms with Gasteiger partial charge in [-0.05, 0) is 52.6 Å². The van der Waals surface area contributed by atoms with E-state index in [1.165, 1.54) is 6.07 Å². The van der Waals surface area contributed by atoms with Gasteiger partial charge >= 0.3 is 0 Å². The van der Waals surface area contributed by atoms with Crippen LogP contribution in [0.1, 0.15) is 17.2 Å². The van der Waals surface area contributed by atoms with Crippen LogP contribution in [0.3, 0.4) is 0 Å². The molecule has 1 unspecified atom stereocenters. The zero-order valence-corrected chi connectivity index (χ0v) is 13.0. The van der Waals surface area contributed by atoms with E-state index in [0.29, 0.717) is 12.0 Å². The van der Waals surface area contributed by atoms with Gasteiger partial charge in [-0.2, -0.15) is 0 Å². The molecule has 0 amide bonds. The van der Waals surface area contributed by atoms with Gasteiger partial charge in [0.05, 0.1) is 0 Å². The lowest BCUT2D eigenvalue weighted by Crippen LogP contribution is -2.14. The molecule has 0 aliphatic heterocycles. The normalized spacial score (nSPS) is 12.5. The van der Waals surface area contributed by atoms with Gasteiger partial charge in [-0.25, -0.2) is 4.39 Å². The lowest BCUT2D eigenvalue weighted by Gasteiger charge is -2.13. The molecule has 3 rings (SSSR count). The van der Waals surface area contributed by atoms with Crippen molar-refractivity contribution >= 4 is 26.7 Å². The first-order valence-electron chi connectivity index (χ1n) is 6.82. The molecule has 2 N–H and O–H groups in total. The van der Waals surface area contributed by atoms with Crippen molar-refractivity contribution in [2.75, 3.05) is 0 Å². The van der Waals surface area contributed by atoms with Crippen LogP contribution in [-0.2, 0) is 6.42 Å². The molecule has 21 heavy (non-hydrogen) atoms. The standard InChI is InChI=1S/C18H15BrFN/c19-16-8-7-12-9-15(6-5-13(12)10-16)18(21)11-14-3-1-2-4-17(14)20/h1-10,18H,11,21H2. The molecule has 0 radical (unpaired) electrons. The Bertz CT molecular complexity index is 785. The average molecular weight is 344 g/mol. The van der Waals surface area contributed by atoms with Crippen LogP contribution in [0, 0.1) is 5.82 Å². The maximum atomic E-state index is 13.7. The number of nitrogens with two attached hydrogens (primary N) is 1. The van der Waals surface area contributed by atoms with Crippen molar-refractivity contribution in [2.24, 2.45) is 5.73 Å². The molecular formula is C18H15BrFN. The second kappa shape index (κ2) is 5.96. The van der Waals surface area contributed by atoms with E-state index in [-0.39, 0.29) is 11.9 Å². The molecule has 0 spiro atoms. The quantitative estimate of drug-likeness (QED) is 0.712. The summed E-state index contributed by atoms with van der Waals surface area (Å²) in [6.45, 7) is 0. The smallest absolute Gasteiger partial charge is 0.126 e. The number of rotatable bonds is 3. The fourth-order valence-electron chi connectivity index (χ4n) is 2.48. The van der Waals surface area contributed by atoms with Gasteiger partial charge in [0.1, 0.15) is 5.82 Å². The second-order valence-corrected chi connectivity index (χ2v) is 6.07. The van der Waals surface area contributed by atoms with Crippen LogP contribution < -0.4 is 5.73 Å². The first-order chi connectivity index (χ1) is 10.1. The molecule has 3 heteroatoms. The Morgan fingerprint density at radius 3 is 2.48 bits per heavy atom. The Balaban J connectivity index is 1.89. The molecule has 0 bridgehead atoms. The fraction of sp³-hybridized carbons (Fsp3) is 0.111. The van der Waals surface area contributed by atoms with Crippen molar-refractivity contribution in [3.8, 4) is 0 Å². The van der Waals surface area contributed by atoms with Crippen molar-refractivity contribution in [1.29, 1.82) is 0 Å². The zero-order valence-electron chi connectivity index (χ0n) is 11.4. The Labute approximate surface area is 131 Å². The van der Waals surface area contributed by atoms with E-state index < -0.39 is 0 Å². The summed E-state index contributed by atoms with van der Waals surface area (Å²) in [4.78, 5) is 0. The Hall–Kier alpha value is -1.71. The van der Waals surface area contributed by atoms with E-state index in [1.807, 2.05) is 18.2 Å². The van der Waals surface area contributed by atoms with E-state index in [0.717, 1.165) is 20.8 Å². The van der Waals surface area contributed by atoms with Gasteiger partial charge in [0, 0.05) is 10.5 Å². The van der Waals surface area contributed by atoms with Gasteiger partial charge in [0.25, 0.3) is 0 Å². The van der Waals surface area contributed by atoms with E-state index in [1.54, 1.807) is 12.1 Å². The molecule has 1 nitrogen and oxygen atoms in total. The predicted octanol–water partition coefficient (Wildman–Crippen LogP) is 4.98. The lowest BCUT2D eigenvalue weighted by molar-refractivity contribution is 0.593. The molecular weight excluding hydrogens is 329 g/mol. The summed E-state index contributed by atoms with van der Waals surface area (Å²) >= 11 is 3.47. The van der Waals surface area contributed by atoms with Crippen molar-refractivity contribution in [2.45, 2.75) is 12.5 Å². The lowest BCUT2D eigenvalue weighted by atomic mass is 9.97. The van der Waals surface area contributed by atoms with E-state index >= 15 is 0 Å². The summed E-state index contributed by atoms with van der Waals surface area (Å²) in [5.41, 5.74) is 7.92. The highest BCUT2D eigenvalue weighted by molar-refractivity contribution is 9.10. The first-order valence-corrected chi connectivity index (χ1v) is 7.61. The van der Waals surface area contributed by atoms with E-state index in [4.69, 9.17) is 5.73 Å². The number of hydrogen-bond acceptors (Lipinski definition) is 1. The topological polar surface area (TPSA) is 26.0 Å². The predicted molar refractivity (Wildman–Crippen MR) is 88.7 cm³/mol. The molecule has 0 saturated carbocycles. The van der Waals surface area contributed by atoms with Crippen molar-refractivity contribution < 1.29 is 4.39 Å². The first kappa shape index (κ1) is 14.2. The average Bonchev–Trinajstić information content (AvgIpc) is 2.49. The number of fused-ring (bicyclic) bond motifs is 1. The highest BCUT2D eigenvalue weighted by Gasteiger charge is 2.10. The minimum Gasteiger partial charge on any atom is -0.324 e. The van der Waals surface area contributed by atoms with Crippen LogP contribution in [0.5, 0.6) is 0 Å². The third-order valence-corrected chi connectivity index (χ3v) is 4.15. The van der Waals surface area contributed by atoms with Gasteiger partial charge in [0.15, 0.2) is 0 Å². The Kier molecular flexibility index (Phi) is 4.04. The molecule has 0 aromatic heterocycles. The van der Waals surface area contributed by atoms with E-state index in [2.05, 4.69) is 40.2 Å². The molecule has 0 fully saturated rings. The van der Waals surface area contributed by atoms with Gasteiger partial charge in [-0.15, -0.1) is 0 Å². The van der Waals surface area contributed by atoms with Crippen LogP contribution in [0.25, 0.3) is 10.8 Å². The maximum absolute atomic E-state index is 13.7. The third-order valence-electron chi connectivity index (χ3n) is 3.65. The SMILES string of the molecule is NC(Cc1ccccc1F)c1ccc2cc(Br)ccc2c1. The van der Waals surface area contributed by atoms with Gasteiger partial charge in [0.2, 0.25) is 0 Å². The van der Waals surface area contributed by atoms with Crippen molar-refractivity contribution in [3.63, 3.8) is 0 Å². The van der Waals surface area contributed by atoms with Crippen LogP contribution >= 0.6 is 15.9 Å².